The van der Waals surface area contributed by atoms with Gasteiger partial charge in [0.05, 0.1) is 0 Å². The van der Waals surface area contributed by atoms with E-state index in [0.717, 1.165) is 0 Å². The van der Waals surface area contributed by atoms with Crippen LogP contribution in [0.1, 0.15) is 17.7 Å². The SMILES string of the molecule is CC(SC(N)=S)c1ccccc1. The summed E-state index contributed by atoms with van der Waals surface area (Å²) in [7, 11) is 0. The Morgan fingerprint density at radius 1 is 1.42 bits per heavy atom. The van der Waals surface area contributed by atoms with Crippen molar-refractivity contribution in [3.63, 3.8) is 0 Å². The van der Waals surface area contributed by atoms with Crippen LogP contribution in [0.4, 0.5) is 0 Å². The smallest absolute Gasteiger partial charge is 0.131 e. The molecule has 3 heteroatoms. The predicted molar refractivity (Wildman–Crippen MR) is 59.2 cm³/mol. The average Bonchev–Trinajstić information content (AvgIpc) is 2.05. The summed E-state index contributed by atoms with van der Waals surface area (Å²) in [5.74, 6) is 0. The molecule has 1 aromatic carbocycles. The fourth-order valence-corrected chi connectivity index (χ4v) is 2.04. The molecular weight excluding hydrogens is 186 g/mol. The first-order valence-electron chi connectivity index (χ1n) is 3.71. The summed E-state index contributed by atoms with van der Waals surface area (Å²) >= 11 is 6.33. The highest BCUT2D eigenvalue weighted by atomic mass is 32.2. The summed E-state index contributed by atoms with van der Waals surface area (Å²) in [6.45, 7) is 2.10. The van der Waals surface area contributed by atoms with Gasteiger partial charge in [-0.25, -0.2) is 0 Å². The molecule has 0 bridgehead atoms. The lowest BCUT2D eigenvalue weighted by atomic mass is 10.2. The van der Waals surface area contributed by atoms with E-state index in [9.17, 15) is 0 Å². The molecule has 2 N–H and O–H groups in total. The van der Waals surface area contributed by atoms with Crippen molar-refractivity contribution in [1.82, 2.24) is 0 Å². The Bertz CT molecular complexity index is 258. The van der Waals surface area contributed by atoms with Crippen molar-refractivity contribution in [2.75, 3.05) is 0 Å². The summed E-state index contributed by atoms with van der Waals surface area (Å²) in [6.07, 6.45) is 0. The lowest BCUT2D eigenvalue weighted by molar-refractivity contribution is 1.11. The molecule has 12 heavy (non-hydrogen) atoms. The maximum absolute atomic E-state index is 5.43. The molecule has 0 heterocycles. The van der Waals surface area contributed by atoms with Crippen molar-refractivity contribution in [2.45, 2.75) is 12.2 Å². The van der Waals surface area contributed by atoms with E-state index in [1.54, 1.807) is 0 Å². The number of benzene rings is 1. The van der Waals surface area contributed by atoms with E-state index in [2.05, 4.69) is 19.1 Å². The molecule has 0 aliphatic rings. The van der Waals surface area contributed by atoms with Crippen LogP contribution in [0.25, 0.3) is 0 Å². The van der Waals surface area contributed by atoms with E-state index in [1.165, 1.54) is 17.3 Å². The highest BCUT2D eigenvalue weighted by molar-refractivity contribution is 8.23. The van der Waals surface area contributed by atoms with Crippen LogP contribution in [-0.2, 0) is 0 Å². The zero-order valence-corrected chi connectivity index (χ0v) is 8.49. The lowest BCUT2D eigenvalue weighted by Crippen LogP contribution is -2.04. The van der Waals surface area contributed by atoms with Gasteiger partial charge in [0.15, 0.2) is 0 Å². The van der Waals surface area contributed by atoms with Gasteiger partial charge in [-0.05, 0) is 12.5 Å². The molecule has 1 atom stereocenters. The van der Waals surface area contributed by atoms with Crippen LogP contribution in [0.2, 0.25) is 0 Å². The monoisotopic (exact) mass is 197 g/mol. The zero-order chi connectivity index (χ0) is 8.97. The molecule has 1 nitrogen and oxygen atoms in total. The van der Waals surface area contributed by atoms with Gasteiger partial charge in [0.2, 0.25) is 0 Å². The molecule has 0 radical (unpaired) electrons. The topological polar surface area (TPSA) is 26.0 Å². The third-order valence-corrected chi connectivity index (χ3v) is 2.71. The van der Waals surface area contributed by atoms with Crippen LogP contribution in [0.5, 0.6) is 0 Å². The zero-order valence-electron chi connectivity index (χ0n) is 6.86. The van der Waals surface area contributed by atoms with E-state index in [1.807, 2.05) is 18.2 Å². The van der Waals surface area contributed by atoms with Crippen molar-refractivity contribution in [3.8, 4) is 0 Å². The Hall–Kier alpha value is -0.540. The fraction of sp³-hybridized carbons (Fsp3) is 0.222. The average molecular weight is 197 g/mol. The number of hydrogen-bond acceptors (Lipinski definition) is 2. The molecule has 0 aromatic heterocycles. The molecule has 0 fully saturated rings. The molecule has 64 valence electrons. The number of hydrogen-bond donors (Lipinski definition) is 1. The maximum Gasteiger partial charge on any atom is 0.131 e. The third kappa shape index (κ3) is 2.83. The first-order chi connectivity index (χ1) is 5.70. The van der Waals surface area contributed by atoms with Crippen LogP contribution in [0, 0.1) is 0 Å². The van der Waals surface area contributed by atoms with Crippen LogP contribution in [0.15, 0.2) is 30.3 Å². The Morgan fingerprint density at radius 2 is 2.00 bits per heavy atom. The molecule has 0 saturated carbocycles. The van der Waals surface area contributed by atoms with Crippen molar-refractivity contribution in [3.05, 3.63) is 35.9 Å². The third-order valence-electron chi connectivity index (χ3n) is 1.56. The quantitative estimate of drug-likeness (QED) is 0.738. The second-order valence-corrected chi connectivity index (χ2v) is 4.57. The fourth-order valence-electron chi connectivity index (χ4n) is 0.966. The molecule has 1 rings (SSSR count). The molecule has 0 amide bonds. The minimum absolute atomic E-state index is 0.351. The Kier molecular flexibility index (Phi) is 3.56. The normalized spacial score (nSPS) is 12.4. The van der Waals surface area contributed by atoms with Gasteiger partial charge in [0, 0.05) is 5.25 Å². The minimum Gasteiger partial charge on any atom is -0.385 e. The van der Waals surface area contributed by atoms with Crippen LogP contribution < -0.4 is 5.73 Å². The van der Waals surface area contributed by atoms with Gasteiger partial charge in [-0.2, -0.15) is 0 Å². The van der Waals surface area contributed by atoms with Crippen molar-refractivity contribution >= 4 is 28.3 Å². The van der Waals surface area contributed by atoms with Gasteiger partial charge in [0.25, 0.3) is 0 Å². The van der Waals surface area contributed by atoms with E-state index in [4.69, 9.17) is 18.0 Å². The lowest BCUT2D eigenvalue weighted by Gasteiger charge is -2.08. The highest BCUT2D eigenvalue weighted by Crippen LogP contribution is 2.27. The molecule has 0 spiro atoms. The highest BCUT2D eigenvalue weighted by Gasteiger charge is 2.05. The van der Waals surface area contributed by atoms with Crippen LogP contribution in [-0.4, -0.2) is 4.32 Å². The van der Waals surface area contributed by atoms with E-state index in [0.29, 0.717) is 9.57 Å². The summed E-state index contributed by atoms with van der Waals surface area (Å²) < 4.78 is 0.506. The standard InChI is InChI=1S/C9H11NS2/c1-7(12-9(10)11)8-5-3-2-4-6-8/h2-7H,1H3,(H2,10,11). The number of nitrogens with two attached hydrogens (primary N) is 1. The molecule has 0 aliphatic heterocycles. The summed E-state index contributed by atoms with van der Waals surface area (Å²) in [6, 6.07) is 10.2. The minimum atomic E-state index is 0.351. The Balaban J connectivity index is 2.65. The number of rotatable bonds is 2. The number of thiocarbonyl (C=S) groups is 1. The van der Waals surface area contributed by atoms with Gasteiger partial charge >= 0.3 is 0 Å². The molecule has 0 saturated heterocycles. The van der Waals surface area contributed by atoms with Crippen molar-refractivity contribution in [1.29, 1.82) is 0 Å². The number of thioether (sulfide) groups is 1. The molecule has 0 aliphatic carbocycles. The van der Waals surface area contributed by atoms with Gasteiger partial charge in [-0.3, -0.25) is 0 Å². The van der Waals surface area contributed by atoms with Gasteiger partial charge in [0.1, 0.15) is 4.32 Å². The van der Waals surface area contributed by atoms with Gasteiger partial charge in [-0.1, -0.05) is 54.3 Å². The molecular formula is C9H11NS2. The summed E-state index contributed by atoms with van der Waals surface area (Å²) in [5, 5.41) is 0.351. The van der Waals surface area contributed by atoms with E-state index >= 15 is 0 Å². The van der Waals surface area contributed by atoms with E-state index < -0.39 is 0 Å². The van der Waals surface area contributed by atoms with Crippen LogP contribution >= 0.6 is 24.0 Å². The van der Waals surface area contributed by atoms with E-state index in [-0.39, 0.29) is 0 Å². The van der Waals surface area contributed by atoms with Gasteiger partial charge < -0.3 is 5.73 Å². The first kappa shape index (κ1) is 9.55. The summed E-state index contributed by atoms with van der Waals surface area (Å²) in [4.78, 5) is 0. The van der Waals surface area contributed by atoms with Crippen LogP contribution in [0.3, 0.4) is 0 Å². The van der Waals surface area contributed by atoms with Crippen molar-refractivity contribution in [2.24, 2.45) is 5.73 Å². The second kappa shape index (κ2) is 4.48. The second-order valence-electron chi connectivity index (χ2n) is 2.49. The van der Waals surface area contributed by atoms with Gasteiger partial charge in [-0.15, -0.1) is 0 Å². The maximum atomic E-state index is 5.43. The molecule has 1 aromatic rings. The Labute approximate surface area is 82.3 Å². The predicted octanol–water partition coefficient (Wildman–Crippen LogP) is 2.72. The van der Waals surface area contributed by atoms with Crippen molar-refractivity contribution < 1.29 is 0 Å². The Morgan fingerprint density at radius 3 is 2.50 bits per heavy atom. The largest absolute Gasteiger partial charge is 0.385 e. The summed E-state index contributed by atoms with van der Waals surface area (Å²) in [5.41, 5.74) is 6.68. The molecule has 1 unspecified atom stereocenters. The first-order valence-corrected chi connectivity index (χ1v) is 5.00.